The van der Waals surface area contributed by atoms with Crippen molar-refractivity contribution in [3.05, 3.63) is 29.3 Å². The fourth-order valence-corrected chi connectivity index (χ4v) is 3.01. The van der Waals surface area contributed by atoms with E-state index in [0.717, 1.165) is 24.8 Å². The van der Waals surface area contributed by atoms with Gasteiger partial charge in [0.05, 0.1) is 5.56 Å². The summed E-state index contributed by atoms with van der Waals surface area (Å²) in [6.07, 6.45) is 2.68. The molecule has 0 unspecified atom stereocenters. The zero-order valence-corrected chi connectivity index (χ0v) is 11.5. The molecule has 0 aliphatic carbocycles. The molecule has 0 amide bonds. The van der Waals surface area contributed by atoms with Gasteiger partial charge in [-0.1, -0.05) is 32.4 Å². The van der Waals surface area contributed by atoms with Gasteiger partial charge < -0.3 is 0 Å². The van der Waals surface area contributed by atoms with Crippen LogP contribution in [-0.2, 0) is 16.4 Å². The van der Waals surface area contributed by atoms with Crippen LogP contribution < -0.4 is 4.72 Å². The van der Waals surface area contributed by atoms with Gasteiger partial charge in [-0.2, -0.15) is 5.26 Å². The lowest BCUT2D eigenvalue weighted by molar-refractivity contribution is 0.583. The predicted octanol–water partition coefficient (Wildman–Crippen LogP) is 2.20. The Morgan fingerprint density at radius 1 is 1.33 bits per heavy atom. The van der Waals surface area contributed by atoms with Gasteiger partial charge in [0, 0.05) is 6.54 Å². The molecule has 0 saturated heterocycles. The highest BCUT2D eigenvalue weighted by molar-refractivity contribution is 7.89. The van der Waals surface area contributed by atoms with Crippen LogP contribution in [0.25, 0.3) is 0 Å². The summed E-state index contributed by atoms with van der Waals surface area (Å²) in [5.74, 6) is 0. The van der Waals surface area contributed by atoms with E-state index in [1.165, 1.54) is 6.07 Å². The van der Waals surface area contributed by atoms with Gasteiger partial charge in [0.2, 0.25) is 10.0 Å². The Hall–Kier alpha value is -1.38. The van der Waals surface area contributed by atoms with Gasteiger partial charge >= 0.3 is 0 Å². The summed E-state index contributed by atoms with van der Waals surface area (Å²) in [7, 11) is -3.57. The van der Waals surface area contributed by atoms with Crippen LogP contribution in [0.2, 0.25) is 0 Å². The summed E-state index contributed by atoms with van der Waals surface area (Å²) < 4.78 is 26.4. The van der Waals surface area contributed by atoms with Crippen molar-refractivity contribution in [3.63, 3.8) is 0 Å². The first-order valence-corrected chi connectivity index (χ1v) is 7.56. The molecular formula is C13H18N2O2S. The van der Waals surface area contributed by atoms with Crippen molar-refractivity contribution in [1.82, 2.24) is 4.72 Å². The van der Waals surface area contributed by atoms with Gasteiger partial charge in [0.15, 0.2) is 0 Å². The summed E-state index contributed by atoms with van der Waals surface area (Å²) in [4.78, 5) is 0.0838. The summed E-state index contributed by atoms with van der Waals surface area (Å²) in [5, 5.41) is 9.19. The Balaban J connectivity index is 3.26. The number of unbranched alkanes of at least 4 members (excludes halogenated alkanes) is 1. The second-order valence-corrected chi connectivity index (χ2v) is 5.74. The molecule has 0 aliphatic rings. The van der Waals surface area contributed by atoms with Crippen LogP contribution in [0.15, 0.2) is 23.1 Å². The molecule has 0 aliphatic heterocycles. The van der Waals surface area contributed by atoms with Crippen LogP contribution in [-0.4, -0.2) is 15.0 Å². The minimum absolute atomic E-state index is 0.0838. The summed E-state index contributed by atoms with van der Waals surface area (Å²) >= 11 is 0. The van der Waals surface area contributed by atoms with E-state index in [1.54, 1.807) is 13.0 Å². The lowest BCUT2D eigenvalue weighted by Gasteiger charge is -2.10. The number of rotatable bonds is 6. The van der Waals surface area contributed by atoms with Crippen molar-refractivity contribution < 1.29 is 8.42 Å². The molecule has 0 fully saturated rings. The Bertz CT molecular complexity index is 545. The Morgan fingerprint density at radius 2 is 2.06 bits per heavy atom. The molecule has 1 aromatic rings. The maximum Gasteiger partial charge on any atom is 0.241 e. The zero-order chi connectivity index (χ0) is 13.6. The van der Waals surface area contributed by atoms with Gasteiger partial charge in [0.1, 0.15) is 11.0 Å². The second-order valence-electron chi connectivity index (χ2n) is 4.01. The number of nitrogens with zero attached hydrogens (tertiary/aromatic N) is 1. The maximum atomic E-state index is 12.0. The molecule has 0 bridgehead atoms. The van der Waals surface area contributed by atoms with Gasteiger partial charge in [-0.05, 0) is 24.5 Å². The van der Waals surface area contributed by atoms with Crippen molar-refractivity contribution in [1.29, 1.82) is 5.26 Å². The van der Waals surface area contributed by atoms with Crippen LogP contribution in [0.5, 0.6) is 0 Å². The molecule has 0 aromatic heterocycles. The fraction of sp³-hybridized carbons (Fsp3) is 0.462. The average molecular weight is 266 g/mol. The van der Waals surface area contributed by atoms with Crippen LogP contribution in [0.1, 0.15) is 37.8 Å². The minimum Gasteiger partial charge on any atom is -0.211 e. The third-order valence-corrected chi connectivity index (χ3v) is 4.24. The summed E-state index contributed by atoms with van der Waals surface area (Å²) in [6.45, 7) is 4.09. The molecule has 1 rings (SSSR count). The van der Waals surface area contributed by atoms with E-state index in [0.29, 0.717) is 6.54 Å². The fourth-order valence-electron chi connectivity index (χ4n) is 1.77. The molecular weight excluding hydrogens is 248 g/mol. The number of hydrogen-bond donors (Lipinski definition) is 1. The van der Waals surface area contributed by atoms with Gasteiger partial charge in [0.25, 0.3) is 0 Å². The SMILES string of the molecule is CCCCc1cccc(S(=O)(=O)NCC)c1C#N. The summed E-state index contributed by atoms with van der Waals surface area (Å²) in [5.41, 5.74) is 1.07. The predicted molar refractivity (Wildman–Crippen MR) is 70.6 cm³/mol. The average Bonchev–Trinajstić information content (AvgIpc) is 2.35. The van der Waals surface area contributed by atoms with E-state index in [-0.39, 0.29) is 10.5 Å². The molecule has 0 heterocycles. The molecule has 4 nitrogen and oxygen atoms in total. The Kier molecular flexibility index (Phi) is 5.32. The van der Waals surface area contributed by atoms with E-state index < -0.39 is 10.0 Å². The molecule has 0 saturated carbocycles. The van der Waals surface area contributed by atoms with Gasteiger partial charge in [-0.25, -0.2) is 13.1 Å². The molecule has 1 aromatic carbocycles. The molecule has 1 N–H and O–H groups in total. The molecule has 0 radical (unpaired) electrons. The highest BCUT2D eigenvalue weighted by atomic mass is 32.2. The van der Waals surface area contributed by atoms with E-state index in [4.69, 9.17) is 0 Å². The van der Waals surface area contributed by atoms with Gasteiger partial charge in [-0.15, -0.1) is 0 Å². The summed E-state index contributed by atoms with van der Waals surface area (Å²) in [6, 6.07) is 7.01. The quantitative estimate of drug-likeness (QED) is 0.858. The highest BCUT2D eigenvalue weighted by Crippen LogP contribution is 2.20. The van der Waals surface area contributed by atoms with E-state index in [9.17, 15) is 13.7 Å². The number of nitriles is 1. The Morgan fingerprint density at radius 3 is 2.61 bits per heavy atom. The maximum absolute atomic E-state index is 12.0. The van der Waals surface area contributed by atoms with Crippen molar-refractivity contribution in [2.75, 3.05) is 6.54 Å². The number of nitrogens with one attached hydrogen (secondary N) is 1. The monoisotopic (exact) mass is 266 g/mol. The third-order valence-electron chi connectivity index (χ3n) is 2.65. The second kappa shape index (κ2) is 6.53. The van der Waals surface area contributed by atoms with Crippen molar-refractivity contribution in [2.24, 2.45) is 0 Å². The lowest BCUT2D eigenvalue weighted by Crippen LogP contribution is -2.24. The van der Waals surface area contributed by atoms with Crippen molar-refractivity contribution >= 4 is 10.0 Å². The van der Waals surface area contributed by atoms with Crippen molar-refractivity contribution in [2.45, 2.75) is 38.0 Å². The van der Waals surface area contributed by atoms with Crippen LogP contribution in [0, 0.1) is 11.3 Å². The first-order valence-electron chi connectivity index (χ1n) is 6.08. The highest BCUT2D eigenvalue weighted by Gasteiger charge is 2.19. The standard InChI is InChI=1S/C13H18N2O2S/c1-3-5-7-11-8-6-9-13(12(11)10-14)18(16,17)15-4-2/h6,8-9,15H,3-5,7H2,1-2H3. The first-order chi connectivity index (χ1) is 8.56. The van der Waals surface area contributed by atoms with Crippen LogP contribution >= 0.6 is 0 Å². The van der Waals surface area contributed by atoms with Crippen molar-refractivity contribution in [3.8, 4) is 6.07 Å². The molecule has 18 heavy (non-hydrogen) atoms. The zero-order valence-electron chi connectivity index (χ0n) is 10.7. The van der Waals surface area contributed by atoms with Crippen LogP contribution in [0.3, 0.4) is 0 Å². The number of sulfonamides is 1. The molecule has 98 valence electrons. The van der Waals surface area contributed by atoms with E-state index in [1.807, 2.05) is 12.1 Å². The third kappa shape index (κ3) is 3.31. The first kappa shape index (κ1) is 14.7. The van der Waals surface area contributed by atoms with Gasteiger partial charge in [-0.3, -0.25) is 0 Å². The van der Waals surface area contributed by atoms with E-state index in [2.05, 4.69) is 11.6 Å². The molecule has 0 spiro atoms. The molecule has 5 heteroatoms. The lowest BCUT2D eigenvalue weighted by atomic mass is 10.0. The van der Waals surface area contributed by atoms with E-state index >= 15 is 0 Å². The minimum atomic E-state index is -3.57. The molecule has 0 atom stereocenters. The largest absolute Gasteiger partial charge is 0.241 e. The van der Waals surface area contributed by atoms with Crippen LogP contribution in [0.4, 0.5) is 0 Å². The Labute approximate surface area is 109 Å². The topological polar surface area (TPSA) is 70.0 Å². The number of benzene rings is 1. The normalized spacial score (nSPS) is 11.2. The number of aryl methyl sites for hydroxylation is 1. The smallest absolute Gasteiger partial charge is 0.211 e. The number of hydrogen-bond acceptors (Lipinski definition) is 3.